The van der Waals surface area contributed by atoms with Crippen LogP contribution in [0.5, 0.6) is 5.75 Å². The first-order valence-corrected chi connectivity index (χ1v) is 10.5. The lowest BCUT2D eigenvalue weighted by Gasteiger charge is -2.06. The predicted octanol–water partition coefficient (Wildman–Crippen LogP) is 5.69. The number of rotatable bonds is 6. The molecule has 0 atom stereocenters. The van der Waals surface area contributed by atoms with Gasteiger partial charge in [0, 0.05) is 11.8 Å². The van der Waals surface area contributed by atoms with Crippen molar-refractivity contribution in [1.82, 2.24) is 25.6 Å². The molecule has 4 aromatic rings. The molecular weight excluding hydrogens is 374 g/mol. The van der Waals surface area contributed by atoms with Crippen molar-refractivity contribution in [3.8, 4) is 5.75 Å². The highest BCUT2D eigenvalue weighted by Crippen LogP contribution is 2.15. The molecule has 4 rings (SSSR count). The normalized spacial score (nSPS) is 9.87. The van der Waals surface area contributed by atoms with E-state index in [0.717, 1.165) is 41.0 Å². The Morgan fingerprint density at radius 3 is 2.40 bits per heavy atom. The van der Waals surface area contributed by atoms with Gasteiger partial charge in [-0.1, -0.05) is 74.4 Å². The second-order valence-electron chi connectivity index (χ2n) is 6.53. The largest absolute Gasteiger partial charge is 0.487 e. The third kappa shape index (κ3) is 7.62. The number of ether oxygens (including phenoxy) is 1. The Bertz CT molecular complexity index is 968. The number of unbranched alkanes of at least 4 members (excludes halogenated alkanes) is 1. The number of para-hydroxylation sites is 1. The number of aryl methyl sites for hydroxylation is 2. The van der Waals surface area contributed by atoms with E-state index in [9.17, 15) is 0 Å². The van der Waals surface area contributed by atoms with E-state index in [1.807, 2.05) is 62.4 Å². The van der Waals surface area contributed by atoms with Gasteiger partial charge in [0.1, 0.15) is 12.4 Å². The number of fused-ring (bicyclic) bond motifs is 1. The molecule has 0 aliphatic heterocycles. The van der Waals surface area contributed by atoms with Gasteiger partial charge in [-0.05, 0) is 37.6 Å². The van der Waals surface area contributed by atoms with Gasteiger partial charge < -0.3 is 4.74 Å². The fourth-order valence-corrected chi connectivity index (χ4v) is 2.60. The van der Waals surface area contributed by atoms with Crippen molar-refractivity contribution in [2.45, 2.75) is 53.6 Å². The highest BCUT2D eigenvalue weighted by molar-refractivity contribution is 5.78. The number of H-pyrrole nitrogens is 1. The SMILES string of the molecule is CC.CCCCc1nn[nH]n1.Cc1ccc(OCc2ccc3ccccc3n2)cc1. The summed E-state index contributed by atoms with van der Waals surface area (Å²) >= 11 is 0. The second-order valence-corrected chi connectivity index (χ2v) is 6.53. The number of hydrogen-bond acceptors (Lipinski definition) is 5. The topological polar surface area (TPSA) is 76.6 Å². The summed E-state index contributed by atoms with van der Waals surface area (Å²) in [4.78, 5) is 4.58. The summed E-state index contributed by atoms with van der Waals surface area (Å²) < 4.78 is 5.73. The fourth-order valence-electron chi connectivity index (χ4n) is 2.60. The van der Waals surface area contributed by atoms with Gasteiger partial charge in [0.25, 0.3) is 0 Å². The lowest BCUT2D eigenvalue weighted by Crippen LogP contribution is -1.98. The Balaban J connectivity index is 0.000000245. The van der Waals surface area contributed by atoms with Crippen molar-refractivity contribution in [2.24, 2.45) is 0 Å². The third-order valence-electron chi connectivity index (χ3n) is 4.21. The first-order chi connectivity index (χ1) is 14.7. The maximum atomic E-state index is 5.73. The minimum atomic E-state index is 0.494. The number of tetrazole rings is 1. The van der Waals surface area contributed by atoms with E-state index in [1.54, 1.807) is 0 Å². The zero-order valence-corrected chi connectivity index (χ0v) is 18.3. The molecule has 0 bridgehead atoms. The van der Waals surface area contributed by atoms with Gasteiger partial charge in [-0.25, -0.2) is 4.98 Å². The van der Waals surface area contributed by atoms with E-state index in [1.165, 1.54) is 12.0 Å². The minimum absolute atomic E-state index is 0.494. The number of nitrogens with zero attached hydrogens (tertiary/aromatic N) is 4. The molecule has 0 aliphatic rings. The quantitative estimate of drug-likeness (QED) is 0.446. The van der Waals surface area contributed by atoms with E-state index in [4.69, 9.17) is 4.74 Å². The van der Waals surface area contributed by atoms with E-state index < -0.39 is 0 Å². The second kappa shape index (κ2) is 13.0. The van der Waals surface area contributed by atoms with E-state index in [2.05, 4.69) is 51.6 Å². The van der Waals surface area contributed by atoms with Crippen LogP contribution in [-0.2, 0) is 13.0 Å². The van der Waals surface area contributed by atoms with Crippen molar-refractivity contribution >= 4 is 10.9 Å². The summed E-state index contributed by atoms with van der Waals surface area (Å²) in [6.45, 7) is 8.70. The van der Waals surface area contributed by atoms with Crippen LogP contribution in [0.2, 0.25) is 0 Å². The molecule has 0 spiro atoms. The summed E-state index contributed by atoms with van der Waals surface area (Å²) in [6.07, 6.45) is 3.25. The number of benzene rings is 2. The monoisotopic (exact) mass is 405 g/mol. The van der Waals surface area contributed by atoms with Crippen molar-refractivity contribution in [3.05, 3.63) is 77.7 Å². The highest BCUT2D eigenvalue weighted by atomic mass is 16.5. The van der Waals surface area contributed by atoms with Crippen molar-refractivity contribution < 1.29 is 4.74 Å². The molecule has 30 heavy (non-hydrogen) atoms. The van der Waals surface area contributed by atoms with Crippen LogP contribution in [0.3, 0.4) is 0 Å². The smallest absolute Gasteiger partial charge is 0.174 e. The molecule has 2 heterocycles. The number of nitrogens with one attached hydrogen (secondary N) is 1. The Morgan fingerprint density at radius 2 is 1.70 bits per heavy atom. The Labute approximate surface area is 178 Å². The lowest BCUT2D eigenvalue weighted by molar-refractivity contribution is 0.302. The number of hydrogen-bond donors (Lipinski definition) is 1. The molecule has 0 saturated carbocycles. The van der Waals surface area contributed by atoms with Gasteiger partial charge in [-0.3, -0.25) is 0 Å². The van der Waals surface area contributed by atoms with Crippen LogP contribution < -0.4 is 4.74 Å². The Morgan fingerprint density at radius 1 is 0.933 bits per heavy atom. The van der Waals surface area contributed by atoms with Gasteiger partial charge in [-0.15, -0.1) is 10.2 Å². The van der Waals surface area contributed by atoms with Crippen LogP contribution in [0.25, 0.3) is 10.9 Å². The first kappa shape index (κ1) is 23.0. The van der Waals surface area contributed by atoms with Gasteiger partial charge >= 0.3 is 0 Å². The summed E-state index contributed by atoms with van der Waals surface area (Å²) in [6, 6.07) is 20.2. The van der Waals surface area contributed by atoms with Gasteiger partial charge in [-0.2, -0.15) is 5.21 Å². The molecule has 0 saturated heterocycles. The van der Waals surface area contributed by atoms with E-state index in [0.29, 0.717) is 6.61 Å². The molecule has 6 heteroatoms. The van der Waals surface area contributed by atoms with Crippen molar-refractivity contribution in [3.63, 3.8) is 0 Å². The maximum absolute atomic E-state index is 5.73. The Kier molecular flexibility index (Phi) is 10.00. The predicted molar refractivity (Wildman–Crippen MR) is 121 cm³/mol. The fraction of sp³-hybridized carbons (Fsp3) is 0.333. The molecule has 158 valence electrons. The average Bonchev–Trinajstić information content (AvgIpc) is 3.33. The van der Waals surface area contributed by atoms with Crippen LogP contribution in [0.15, 0.2) is 60.7 Å². The van der Waals surface area contributed by atoms with Gasteiger partial charge in [0.15, 0.2) is 5.82 Å². The molecule has 0 aliphatic carbocycles. The van der Waals surface area contributed by atoms with Crippen molar-refractivity contribution in [2.75, 3.05) is 0 Å². The molecule has 0 fully saturated rings. The lowest BCUT2D eigenvalue weighted by atomic mass is 10.2. The molecule has 0 amide bonds. The number of aromatic amines is 1. The summed E-state index contributed by atoms with van der Waals surface area (Å²) in [5.74, 6) is 1.69. The Hall–Kier alpha value is -3.28. The zero-order valence-electron chi connectivity index (χ0n) is 18.3. The van der Waals surface area contributed by atoms with Crippen LogP contribution in [0.4, 0.5) is 0 Å². The van der Waals surface area contributed by atoms with Gasteiger partial charge in [0.05, 0.1) is 11.2 Å². The molecule has 2 aromatic heterocycles. The standard InChI is InChI=1S/C17H15NO.C5H10N4.C2H6/c1-13-6-10-16(11-7-13)19-12-15-9-8-14-4-2-3-5-17(14)18-15;1-2-3-4-5-6-8-9-7-5;1-2/h2-11H,12H2,1H3;2-4H2,1H3,(H,6,7,8,9);1-2H3. The summed E-state index contributed by atoms with van der Waals surface area (Å²) in [5, 5.41) is 14.6. The molecule has 6 nitrogen and oxygen atoms in total. The van der Waals surface area contributed by atoms with E-state index in [-0.39, 0.29) is 0 Å². The number of aromatic nitrogens is 5. The average molecular weight is 406 g/mol. The summed E-state index contributed by atoms with van der Waals surface area (Å²) in [7, 11) is 0. The summed E-state index contributed by atoms with van der Waals surface area (Å²) in [5.41, 5.74) is 3.18. The highest BCUT2D eigenvalue weighted by Gasteiger charge is 1.99. The van der Waals surface area contributed by atoms with E-state index >= 15 is 0 Å². The maximum Gasteiger partial charge on any atom is 0.174 e. The van der Waals surface area contributed by atoms with Crippen LogP contribution >= 0.6 is 0 Å². The molecule has 0 radical (unpaired) electrons. The number of pyridine rings is 1. The third-order valence-corrected chi connectivity index (χ3v) is 4.21. The van der Waals surface area contributed by atoms with Gasteiger partial charge in [0.2, 0.25) is 0 Å². The minimum Gasteiger partial charge on any atom is -0.487 e. The van der Waals surface area contributed by atoms with Crippen molar-refractivity contribution in [1.29, 1.82) is 0 Å². The van der Waals surface area contributed by atoms with Crippen LogP contribution in [0.1, 0.15) is 50.7 Å². The van der Waals surface area contributed by atoms with Crippen LogP contribution in [-0.4, -0.2) is 25.6 Å². The molecule has 0 unspecified atom stereocenters. The first-order valence-electron chi connectivity index (χ1n) is 10.5. The molecular formula is C24H31N5O. The zero-order chi connectivity index (χ0) is 21.6. The molecule has 2 aromatic carbocycles. The van der Waals surface area contributed by atoms with Crippen LogP contribution in [0, 0.1) is 6.92 Å². The molecule has 1 N–H and O–H groups in total.